The van der Waals surface area contributed by atoms with Gasteiger partial charge in [-0.15, -0.1) is 11.8 Å². The van der Waals surface area contributed by atoms with Crippen LogP contribution in [0.2, 0.25) is 0 Å². The Hall–Kier alpha value is -0.810. The summed E-state index contributed by atoms with van der Waals surface area (Å²) in [6.07, 6.45) is 5.70. The lowest BCUT2D eigenvalue weighted by Crippen LogP contribution is -2.21. The quantitative estimate of drug-likeness (QED) is 0.636. The largest absolute Gasteiger partial charge is 0.396 e. The highest BCUT2D eigenvalue weighted by molar-refractivity contribution is 7.98. The molecule has 88 valence electrons. The molecular formula is C11H17N3OS. The van der Waals surface area contributed by atoms with Crippen molar-refractivity contribution in [2.45, 2.75) is 17.9 Å². The van der Waals surface area contributed by atoms with Crippen LogP contribution < -0.4 is 4.90 Å². The average Bonchev–Trinajstić information content (AvgIpc) is 2.78. The molecule has 0 bridgehead atoms. The lowest BCUT2D eigenvalue weighted by Gasteiger charge is -2.17. The Balaban J connectivity index is 2.02. The third-order valence-electron chi connectivity index (χ3n) is 2.98. The summed E-state index contributed by atoms with van der Waals surface area (Å²) in [6.45, 7) is 2.33. The van der Waals surface area contributed by atoms with Crippen LogP contribution in [0, 0.1) is 5.92 Å². The van der Waals surface area contributed by atoms with Crippen molar-refractivity contribution >= 4 is 17.6 Å². The number of thioether (sulfide) groups is 1. The molecule has 1 aliphatic heterocycles. The van der Waals surface area contributed by atoms with Crippen molar-refractivity contribution in [3.05, 3.63) is 12.4 Å². The van der Waals surface area contributed by atoms with Crippen LogP contribution in [0.15, 0.2) is 17.4 Å². The molecule has 16 heavy (non-hydrogen) atoms. The molecule has 4 nitrogen and oxygen atoms in total. The molecule has 2 rings (SSSR count). The van der Waals surface area contributed by atoms with E-state index in [-0.39, 0.29) is 0 Å². The fourth-order valence-corrected chi connectivity index (χ4v) is 2.45. The van der Waals surface area contributed by atoms with Crippen molar-refractivity contribution in [3.8, 4) is 0 Å². The fraction of sp³-hybridized carbons (Fsp3) is 0.636. The zero-order valence-corrected chi connectivity index (χ0v) is 10.3. The SMILES string of the molecule is CSc1cc(N2CCC(CCO)C2)ncn1. The van der Waals surface area contributed by atoms with Crippen LogP contribution in [0.3, 0.4) is 0 Å². The van der Waals surface area contributed by atoms with E-state index < -0.39 is 0 Å². The molecule has 0 amide bonds. The Labute approximate surface area is 100 Å². The van der Waals surface area contributed by atoms with Gasteiger partial charge in [-0.05, 0) is 25.0 Å². The molecule has 0 aliphatic carbocycles. The highest BCUT2D eigenvalue weighted by Crippen LogP contribution is 2.25. The number of aromatic nitrogens is 2. The molecule has 5 heteroatoms. The van der Waals surface area contributed by atoms with Gasteiger partial charge in [-0.3, -0.25) is 0 Å². The van der Waals surface area contributed by atoms with Crippen LogP contribution in [-0.2, 0) is 0 Å². The fourth-order valence-electron chi connectivity index (χ4n) is 2.07. The van der Waals surface area contributed by atoms with E-state index in [4.69, 9.17) is 5.11 Å². The molecule has 1 aromatic heterocycles. The number of aliphatic hydroxyl groups excluding tert-OH is 1. The van der Waals surface area contributed by atoms with Crippen LogP contribution in [-0.4, -0.2) is 41.0 Å². The van der Waals surface area contributed by atoms with Crippen molar-refractivity contribution < 1.29 is 5.11 Å². The number of nitrogens with zero attached hydrogens (tertiary/aromatic N) is 3. The second-order valence-corrected chi connectivity index (χ2v) is 4.86. The van der Waals surface area contributed by atoms with Crippen LogP contribution in [0.4, 0.5) is 5.82 Å². The minimum atomic E-state index is 0.290. The maximum absolute atomic E-state index is 8.92. The standard InChI is InChI=1S/C11H17N3OS/c1-16-11-6-10(12-8-13-11)14-4-2-9(7-14)3-5-15/h6,8-9,15H,2-5,7H2,1H3. The molecule has 0 saturated carbocycles. The number of hydrogen-bond acceptors (Lipinski definition) is 5. The summed E-state index contributed by atoms with van der Waals surface area (Å²) in [5.41, 5.74) is 0. The van der Waals surface area contributed by atoms with Crippen molar-refractivity contribution in [1.29, 1.82) is 0 Å². The summed E-state index contributed by atoms with van der Waals surface area (Å²) in [5, 5.41) is 9.93. The van der Waals surface area contributed by atoms with Gasteiger partial charge < -0.3 is 10.0 Å². The van der Waals surface area contributed by atoms with Gasteiger partial charge in [0.25, 0.3) is 0 Å². The van der Waals surface area contributed by atoms with Gasteiger partial charge in [0, 0.05) is 25.8 Å². The first-order valence-electron chi connectivity index (χ1n) is 5.55. The maximum Gasteiger partial charge on any atom is 0.133 e. The van der Waals surface area contributed by atoms with Crippen molar-refractivity contribution in [3.63, 3.8) is 0 Å². The molecule has 0 spiro atoms. The molecule has 1 fully saturated rings. The van der Waals surface area contributed by atoms with Crippen molar-refractivity contribution in [1.82, 2.24) is 9.97 Å². The van der Waals surface area contributed by atoms with Crippen LogP contribution in [0.5, 0.6) is 0 Å². The summed E-state index contributed by atoms with van der Waals surface area (Å²) >= 11 is 1.64. The molecule has 1 aliphatic rings. The van der Waals surface area contributed by atoms with Crippen molar-refractivity contribution in [2.75, 3.05) is 30.9 Å². The maximum atomic E-state index is 8.92. The summed E-state index contributed by atoms with van der Waals surface area (Å²) in [6, 6.07) is 2.03. The first-order valence-corrected chi connectivity index (χ1v) is 6.78. The van der Waals surface area contributed by atoms with Gasteiger partial charge in [-0.25, -0.2) is 9.97 Å². The van der Waals surface area contributed by atoms with E-state index >= 15 is 0 Å². The Kier molecular flexibility index (Phi) is 4.01. The zero-order chi connectivity index (χ0) is 11.4. The number of aliphatic hydroxyl groups is 1. The van der Waals surface area contributed by atoms with Gasteiger partial charge in [0.15, 0.2) is 0 Å². The number of hydrogen-bond donors (Lipinski definition) is 1. The van der Waals surface area contributed by atoms with Crippen LogP contribution >= 0.6 is 11.8 Å². The van der Waals surface area contributed by atoms with Crippen molar-refractivity contribution in [2.24, 2.45) is 5.92 Å². The topological polar surface area (TPSA) is 49.2 Å². The normalized spacial score (nSPS) is 20.4. The Morgan fingerprint density at radius 2 is 2.44 bits per heavy atom. The molecular weight excluding hydrogens is 222 g/mol. The van der Waals surface area contributed by atoms with Gasteiger partial charge in [0.1, 0.15) is 17.2 Å². The smallest absolute Gasteiger partial charge is 0.133 e. The van der Waals surface area contributed by atoms with E-state index in [0.717, 1.165) is 36.8 Å². The van der Waals surface area contributed by atoms with Gasteiger partial charge in [-0.1, -0.05) is 0 Å². The number of anilines is 1. The second kappa shape index (κ2) is 5.50. The predicted molar refractivity (Wildman–Crippen MR) is 65.8 cm³/mol. The highest BCUT2D eigenvalue weighted by atomic mass is 32.2. The first kappa shape index (κ1) is 11.7. The second-order valence-electron chi connectivity index (χ2n) is 4.03. The van der Waals surface area contributed by atoms with Gasteiger partial charge in [-0.2, -0.15) is 0 Å². The predicted octanol–water partition coefficient (Wildman–Crippen LogP) is 1.41. The van der Waals surface area contributed by atoms with E-state index in [1.54, 1.807) is 18.1 Å². The summed E-state index contributed by atoms with van der Waals surface area (Å²) in [7, 11) is 0. The molecule has 1 atom stereocenters. The highest BCUT2D eigenvalue weighted by Gasteiger charge is 2.23. The van der Waals surface area contributed by atoms with E-state index in [9.17, 15) is 0 Å². The first-order chi connectivity index (χ1) is 7.83. The van der Waals surface area contributed by atoms with Crippen LogP contribution in [0.25, 0.3) is 0 Å². The van der Waals surface area contributed by atoms with Gasteiger partial charge in [0.2, 0.25) is 0 Å². The van der Waals surface area contributed by atoms with E-state index in [0.29, 0.717) is 12.5 Å². The average molecular weight is 239 g/mol. The molecule has 2 heterocycles. The Morgan fingerprint density at radius 3 is 3.19 bits per heavy atom. The molecule has 1 N–H and O–H groups in total. The van der Waals surface area contributed by atoms with E-state index in [1.165, 1.54) is 0 Å². The molecule has 1 saturated heterocycles. The van der Waals surface area contributed by atoms with E-state index in [2.05, 4.69) is 14.9 Å². The third kappa shape index (κ3) is 2.65. The lowest BCUT2D eigenvalue weighted by molar-refractivity contribution is 0.263. The van der Waals surface area contributed by atoms with Crippen LogP contribution in [0.1, 0.15) is 12.8 Å². The molecule has 1 unspecified atom stereocenters. The lowest BCUT2D eigenvalue weighted by atomic mass is 10.1. The minimum Gasteiger partial charge on any atom is -0.396 e. The molecule has 0 aromatic carbocycles. The third-order valence-corrected chi connectivity index (χ3v) is 3.63. The van der Waals surface area contributed by atoms with Gasteiger partial charge in [0.05, 0.1) is 0 Å². The Morgan fingerprint density at radius 1 is 1.56 bits per heavy atom. The van der Waals surface area contributed by atoms with Gasteiger partial charge >= 0.3 is 0 Å². The zero-order valence-electron chi connectivity index (χ0n) is 9.46. The summed E-state index contributed by atoms with van der Waals surface area (Å²) in [5.74, 6) is 1.62. The number of rotatable bonds is 4. The summed E-state index contributed by atoms with van der Waals surface area (Å²) in [4.78, 5) is 10.8. The Bertz CT molecular complexity index is 348. The monoisotopic (exact) mass is 239 g/mol. The van der Waals surface area contributed by atoms with E-state index in [1.807, 2.05) is 12.3 Å². The summed E-state index contributed by atoms with van der Waals surface area (Å²) < 4.78 is 0. The molecule has 0 radical (unpaired) electrons. The molecule has 1 aromatic rings. The minimum absolute atomic E-state index is 0.290.